The number of hydrogen-bond acceptors (Lipinski definition) is 5. The number of methoxy groups -OCH3 is 1. The SMILES string of the molecule is COc1ccccc1C(=O)N[C@@H]1[C@H](C(=O)Nc2cccc(S(=O)(=O)C(F)(F)F)c2)[C@H]2C=C[C@@H]1C2. The molecule has 2 aliphatic carbocycles. The standard InChI is InChI=1S/C23H21F3N2O5S/c1-33-18-8-3-2-7-17(18)21(29)28-20-14-10-9-13(11-14)19(20)22(30)27-15-5-4-6-16(12-15)34(31,32)23(24,25)26/h2-10,12-14,19-20H,11H2,1H3,(H,27,30)(H,28,29)/t13-,14+,19+,20-/m0/s1. The number of carbonyl (C=O) groups excluding carboxylic acids is 2. The summed E-state index contributed by atoms with van der Waals surface area (Å²) in [6, 6.07) is 10.1. The van der Waals surface area contributed by atoms with E-state index in [4.69, 9.17) is 4.74 Å². The Labute approximate surface area is 193 Å². The van der Waals surface area contributed by atoms with Crippen LogP contribution in [0.4, 0.5) is 18.9 Å². The van der Waals surface area contributed by atoms with Crippen molar-refractivity contribution >= 4 is 27.3 Å². The van der Waals surface area contributed by atoms with Crippen molar-refractivity contribution in [2.24, 2.45) is 17.8 Å². The largest absolute Gasteiger partial charge is 0.501 e. The minimum absolute atomic E-state index is 0.0862. The molecule has 2 bridgehead atoms. The van der Waals surface area contributed by atoms with Gasteiger partial charge in [0.1, 0.15) is 5.75 Å². The number of benzene rings is 2. The Bertz CT molecular complexity index is 1260. The minimum Gasteiger partial charge on any atom is -0.496 e. The summed E-state index contributed by atoms with van der Waals surface area (Å²) in [6.45, 7) is 0. The highest BCUT2D eigenvalue weighted by Gasteiger charge is 2.49. The van der Waals surface area contributed by atoms with Crippen molar-refractivity contribution in [2.45, 2.75) is 22.9 Å². The van der Waals surface area contributed by atoms with E-state index in [1.165, 1.54) is 13.2 Å². The molecule has 0 radical (unpaired) electrons. The average molecular weight is 494 g/mol. The summed E-state index contributed by atoms with van der Waals surface area (Å²) < 4.78 is 67.3. The highest BCUT2D eigenvalue weighted by Crippen LogP contribution is 2.44. The van der Waals surface area contributed by atoms with Gasteiger partial charge < -0.3 is 15.4 Å². The zero-order valence-electron chi connectivity index (χ0n) is 17.9. The van der Waals surface area contributed by atoms with E-state index >= 15 is 0 Å². The van der Waals surface area contributed by atoms with E-state index in [2.05, 4.69) is 10.6 Å². The van der Waals surface area contributed by atoms with Crippen molar-refractivity contribution in [1.29, 1.82) is 0 Å². The Morgan fingerprint density at radius 2 is 1.74 bits per heavy atom. The summed E-state index contributed by atoms with van der Waals surface area (Å²) >= 11 is 0. The van der Waals surface area contributed by atoms with Gasteiger partial charge in [-0.1, -0.05) is 30.4 Å². The van der Waals surface area contributed by atoms with Gasteiger partial charge in [-0.15, -0.1) is 0 Å². The van der Waals surface area contributed by atoms with E-state index in [1.54, 1.807) is 24.3 Å². The molecule has 34 heavy (non-hydrogen) atoms. The fourth-order valence-corrected chi connectivity index (χ4v) is 5.35. The molecule has 0 heterocycles. The number of rotatable bonds is 6. The van der Waals surface area contributed by atoms with Crippen molar-refractivity contribution in [3.63, 3.8) is 0 Å². The molecule has 4 rings (SSSR count). The lowest BCUT2D eigenvalue weighted by Gasteiger charge is -2.28. The van der Waals surface area contributed by atoms with Crippen LogP contribution in [-0.4, -0.2) is 38.9 Å². The normalized spacial score (nSPS) is 23.5. The van der Waals surface area contributed by atoms with Crippen LogP contribution in [0.1, 0.15) is 16.8 Å². The first-order valence-electron chi connectivity index (χ1n) is 10.4. The van der Waals surface area contributed by atoms with E-state index in [9.17, 15) is 31.2 Å². The van der Waals surface area contributed by atoms with Gasteiger partial charge in [0.2, 0.25) is 5.91 Å². The molecule has 2 aromatic rings. The summed E-state index contributed by atoms with van der Waals surface area (Å²) in [5.41, 5.74) is -5.24. The molecule has 1 saturated carbocycles. The smallest absolute Gasteiger partial charge is 0.496 e. The number of ether oxygens (including phenoxy) is 1. The van der Waals surface area contributed by atoms with Gasteiger partial charge in [0.15, 0.2) is 0 Å². The number of alkyl halides is 3. The molecule has 0 aromatic heterocycles. The van der Waals surface area contributed by atoms with Crippen molar-refractivity contribution in [1.82, 2.24) is 5.32 Å². The number of fused-ring (bicyclic) bond motifs is 2. The van der Waals surface area contributed by atoms with Gasteiger partial charge in [0, 0.05) is 11.7 Å². The molecule has 0 unspecified atom stereocenters. The number of halogens is 3. The number of amides is 2. The van der Waals surface area contributed by atoms with E-state index < -0.39 is 44.0 Å². The van der Waals surface area contributed by atoms with Crippen LogP contribution >= 0.6 is 0 Å². The van der Waals surface area contributed by atoms with E-state index in [-0.39, 0.29) is 17.5 Å². The second kappa shape index (κ2) is 8.79. The molecule has 11 heteroatoms. The van der Waals surface area contributed by atoms with Gasteiger partial charge in [-0.05, 0) is 48.6 Å². The highest BCUT2D eigenvalue weighted by atomic mass is 32.2. The second-order valence-electron chi connectivity index (χ2n) is 8.14. The summed E-state index contributed by atoms with van der Waals surface area (Å²) in [7, 11) is -4.12. The molecule has 2 aromatic carbocycles. The zero-order valence-corrected chi connectivity index (χ0v) is 18.7. The Hall–Kier alpha value is -3.34. The molecule has 7 nitrogen and oxygen atoms in total. The number of allylic oxidation sites excluding steroid dienone is 1. The Kier molecular flexibility index (Phi) is 6.15. The molecule has 2 amide bonds. The van der Waals surface area contributed by atoms with Crippen molar-refractivity contribution in [3.05, 3.63) is 66.2 Å². The van der Waals surface area contributed by atoms with E-state index in [0.29, 0.717) is 17.7 Å². The first kappa shape index (κ1) is 23.8. The maximum atomic E-state index is 13.1. The van der Waals surface area contributed by atoms with Crippen molar-refractivity contribution in [2.75, 3.05) is 12.4 Å². The zero-order chi connectivity index (χ0) is 24.7. The van der Waals surface area contributed by atoms with Gasteiger partial charge in [0.25, 0.3) is 15.7 Å². The average Bonchev–Trinajstić information content (AvgIpc) is 3.40. The molecule has 2 aliphatic rings. The number of hydrogen-bond donors (Lipinski definition) is 2. The molecule has 180 valence electrons. The molecule has 0 spiro atoms. The van der Waals surface area contributed by atoms with Gasteiger partial charge in [-0.3, -0.25) is 9.59 Å². The van der Waals surface area contributed by atoms with Crippen LogP contribution in [0.3, 0.4) is 0 Å². The second-order valence-corrected chi connectivity index (χ2v) is 10.1. The van der Waals surface area contributed by atoms with Crippen LogP contribution in [-0.2, 0) is 14.6 Å². The summed E-state index contributed by atoms with van der Waals surface area (Å²) in [6.07, 6.45) is 4.45. The summed E-state index contributed by atoms with van der Waals surface area (Å²) in [5.74, 6) is -1.51. The molecule has 2 N–H and O–H groups in total. The van der Waals surface area contributed by atoms with Crippen LogP contribution < -0.4 is 15.4 Å². The Morgan fingerprint density at radius 1 is 1.03 bits per heavy atom. The van der Waals surface area contributed by atoms with Crippen LogP contribution in [0.5, 0.6) is 5.75 Å². The fourth-order valence-electron chi connectivity index (χ4n) is 4.54. The summed E-state index contributed by atoms with van der Waals surface area (Å²) in [5, 5.41) is 5.42. The lowest BCUT2D eigenvalue weighted by atomic mass is 9.87. The maximum Gasteiger partial charge on any atom is 0.501 e. The van der Waals surface area contributed by atoms with Crippen LogP contribution in [0.25, 0.3) is 0 Å². The maximum absolute atomic E-state index is 13.1. The van der Waals surface area contributed by atoms with Gasteiger partial charge in [-0.25, -0.2) is 8.42 Å². The topological polar surface area (TPSA) is 102 Å². The molecular weight excluding hydrogens is 473 g/mol. The number of sulfone groups is 1. The monoisotopic (exact) mass is 494 g/mol. The quantitative estimate of drug-likeness (QED) is 0.599. The lowest BCUT2D eigenvalue weighted by molar-refractivity contribution is -0.121. The van der Waals surface area contributed by atoms with Crippen molar-refractivity contribution < 1.29 is 35.9 Å². The van der Waals surface area contributed by atoms with Gasteiger partial charge in [-0.2, -0.15) is 13.2 Å². The predicted octanol–water partition coefficient (Wildman–Crippen LogP) is 3.55. The predicted molar refractivity (Wildman–Crippen MR) is 117 cm³/mol. The molecule has 0 aliphatic heterocycles. The first-order chi connectivity index (χ1) is 16.0. The third-order valence-electron chi connectivity index (χ3n) is 6.13. The number of para-hydroxylation sites is 1. The highest BCUT2D eigenvalue weighted by molar-refractivity contribution is 7.92. The third kappa shape index (κ3) is 4.27. The van der Waals surface area contributed by atoms with Crippen LogP contribution in [0.2, 0.25) is 0 Å². The minimum atomic E-state index is -5.56. The number of anilines is 1. The third-order valence-corrected chi connectivity index (χ3v) is 7.61. The van der Waals surface area contributed by atoms with Gasteiger partial charge >= 0.3 is 5.51 Å². The van der Waals surface area contributed by atoms with Crippen LogP contribution in [0, 0.1) is 17.8 Å². The molecule has 4 atom stereocenters. The van der Waals surface area contributed by atoms with Crippen LogP contribution in [0.15, 0.2) is 65.6 Å². The molecular formula is C23H21F3N2O5S. The first-order valence-corrected chi connectivity index (χ1v) is 11.9. The van der Waals surface area contributed by atoms with E-state index in [0.717, 1.165) is 18.2 Å². The van der Waals surface area contributed by atoms with Crippen molar-refractivity contribution in [3.8, 4) is 5.75 Å². The molecule has 1 fully saturated rings. The Balaban J connectivity index is 1.54. The number of carbonyl (C=O) groups is 2. The van der Waals surface area contributed by atoms with Gasteiger partial charge in [0.05, 0.1) is 23.5 Å². The lowest BCUT2D eigenvalue weighted by Crippen LogP contribution is -2.47. The number of nitrogens with one attached hydrogen (secondary N) is 2. The molecule has 0 saturated heterocycles. The van der Waals surface area contributed by atoms with E-state index in [1.807, 2.05) is 12.2 Å². The fraction of sp³-hybridized carbons (Fsp3) is 0.304. The Morgan fingerprint density at radius 3 is 2.44 bits per heavy atom. The summed E-state index contributed by atoms with van der Waals surface area (Å²) in [4.78, 5) is 25.1.